The molecule has 1 aromatic rings. The highest BCUT2D eigenvalue weighted by atomic mass is 16.7. The number of carbonyl (C=O) groups excluding carboxylic acids is 2. The van der Waals surface area contributed by atoms with Crippen molar-refractivity contribution in [1.82, 2.24) is 10.4 Å². The van der Waals surface area contributed by atoms with Gasteiger partial charge < -0.3 is 10.1 Å². The van der Waals surface area contributed by atoms with Crippen molar-refractivity contribution < 1.29 is 19.2 Å². The van der Waals surface area contributed by atoms with Gasteiger partial charge in [-0.15, -0.1) is 0 Å². The number of benzene rings is 1. The number of nitrogens with zero attached hydrogens (tertiary/aromatic N) is 1. The number of hydrogen-bond acceptors (Lipinski definition) is 4. The zero-order chi connectivity index (χ0) is 16.4. The van der Waals surface area contributed by atoms with E-state index >= 15 is 0 Å². The van der Waals surface area contributed by atoms with E-state index in [2.05, 4.69) is 5.32 Å². The van der Waals surface area contributed by atoms with Crippen LogP contribution in [0.25, 0.3) is 0 Å². The van der Waals surface area contributed by atoms with Crippen LogP contribution in [0.15, 0.2) is 30.3 Å². The molecular formula is C16H24N2O4. The predicted octanol–water partition coefficient (Wildman–Crippen LogP) is 2.66. The fourth-order valence-electron chi connectivity index (χ4n) is 1.84. The quantitative estimate of drug-likeness (QED) is 0.592. The molecule has 6 heteroatoms. The summed E-state index contributed by atoms with van der Waals surface area (Å²) in [4.78, 5) is 28.7. The lowest BCUT2D eigenvalue weighted by Crippen LogP contribution is -2.34. The van der Waals surface area contributed by atoms with Gasteiger partial charge in [-0.2, -0.15) is 0 Å². The minimum absolute atomic E-state index is 0.0945. The molecule has 0 radical (unpaired) electrons. The minimum atomic E-state index is -0.518. The SMILES string of the molecule is CCCCOC(=O)NC(CC(=O)N(C)OC)c1ccccc1. The Labute approximate surface area is 131 Å². The van der Waals surface area contributed by atoms with Crippen molar-refractivity contribution in [2.45, 2.75) is 32.2 Å². The van der Waals surface area contributed by atoms with E-state index in [0.29, 0.717) is 6.61 Å². The standard InChI is InChI=1S/C16H24N2O4/c1-4-5-11-22-16(20)17-14(12-15(19)18(2)21-3)13-9-7-6-8-10-13/h6-10,14H,4-5,11-12H2,1-3H3,(H,17,20). The normalized spacial score (nSPS) is 11.6. The third-order valence-corrected chi connectivity index (χ3v) is 3.23. The lowest BCUT2D eigenvalue weighted by molar-refractivity contribution is -0.169. The van der Waals surface area contributed by atoms with Crippen LogP contribution in [0.5, 0.6) is 0 Å². The zero-order valence-corrected chi connectivity index (χ0v) is 13.4. The van der Waals surface area contributed by atoms with Gasteiger partial charge >= 0.3 is 6.09 Å². The molecule has 0 saturated carbocycles. The molecule has 0 aliphatic heterocycles. The maximum Gasteiger partial charge on any atom is 0.407 e. The highest BCUT2D eigenvalue weighted by Crippen LogP contribution is 2.18. The van der Waals surface area contributed by atoms with Gasteiger partial charge in [-0.05, 0) is 12.0 Å². The lowest BCUT2D eigenvalue weighted by Gasteiger charge is -2.21. The summed E-state index contributed by atoms with van der Waals surface area (Å²) in [6.07, 6.45) is 1.34. The first kappa shape index (κ1) is 18.0. The Hall–Kier alpha value is -2.08. The Morgan fingerprint density at radius 2 is 1.95 bits per heavy atom. The predicted molar refractivity (Wildman–Crippen MR) is 83.0 cm³/mol. The number of rotatable bonds is 8. The molecule has 1 N–H and O–H groups in total. The first-order chi connectivity index (χ1) is 10.6. The van der Waals surface area contributed by atoms with E-state index in [1.54, 1.807) is 0 Å². The first-order valence-corrected chi connectivity index (χ1v) is 7.37. The summed E-state index contributed by atoms with van der Waals surface area (Å²) in [5, 5.41) is 3.88. The highest BCUT2D eigenvalue weighted by molar-refractivity contribution is 5.77. The van der Waals surface area contributed by atoms with Gasteiger partial charge in [0, 0.05) is 7.05 Å². The summed E-state index contributed by atoms with van der Waals surface area (Å²) in [5.41, 5.74) is 0.841. The number of hydrogen-bond donors (Lipinski definition) is 1. The average Bonchev–Trinajstić information content (AvgIpc) is 2.54. The molecule has 0 bridgehead atoms. The summed E-state index contributed by atoms with van der Waals surface area (Å²) < 4.78 is 5.10. The van der Waals surface area contributed by atoms with Crippen LogP contribution in [0.1, 0.15) is 37.8 Å². The molecule has 1 unspecified atom stereocenters. The molecule has 0 heterocycles. The zero-order valence-electron chi connectivity index (χ0n) is 13.4. The monoisotopic (exact) mass is 308 g/mol. The summed E-state index contributed by atoms with van der Waals surface area (Å²) in [5.74, 6) is -0.231. The second-order valence-electron chi connectivity index (χ2n) is 4.87. The molecule has 2 amide bonds. The van der Waals surface area contributed by atoms with E-state index in [1.807, 2.05) is 37.3 Å². The van der Waals surface area contributed by atoms with Crippen LogP contribution >= 0.6 is 0 Å². The van der Waals surface area contributed by atoms with Crippen molar-refractivity contribution >= 4 is 12.0 Å². The topological polar surface area (TPSA) is 67.9 Å². The van der Waals surface area contributed by atoms with E-state index < -0.39 is 12.1 Å². The van der Waals surface area contributed by atoms with E-state index in [9.17, 15) is 9.59 Å². The minimum Gasteiger partial charge on any atom is -0.450 e. The Balaban J connectivity index is 2.71. The number of hydroxylamine groups is 2. The van der Waals surface area contributed by atoms with Crippen molar-refractivity contribution in [3.8, 4) is 0 Å². The molecule has 0 aliphatic carbocycles. The maximum absolute atomic E-state index is 12.0. The summed E-state index contributed by atoms with van der Waals surface area (Å²) in [7, 11) is 2.95. The Bertz CT molecular complexity index is 464. The van der Waals surface area contributed by atoms with Crippen LogP contribution < -0.4 is 5.32 Å². The van der Waals surface area contributed by atoms with Crippen molar-refractivity contribution in [1.29, 1.82) is 0 Å². The van der Waals surface area contributed by atoms with E-state index in [-0.39, 0.29) is 12.3 Å². The Morgan fingerprint density at radius 1 is 1.27 bits per heavy atom. The molecule has 0 spiro atoms. The molecule has 1 aromatic carbocycles. The largest absolute Gasteiger partial charge is 0.450 e. The summed E-state index contributed by atoms with van der Waals surface area (Å²) >= 11 is 0. The number of carbonyl (C=O) groups is 2. The molecule has 0 aliphatic rings. The van der Waals surface area contributed by atoms with Gasteiger partial charge in [0.1, 0.15) is 0 Å². The number of nitrogens with one attached hydrogen (secondary N) is 1. The number of unbranched alkanes of at least 4 members (excludes halogenated alkanes) is 1. The highest BCUT2D eigenvalue weighted by Gasteiger charge is 2.21. The number of alkyl carbamates (subject to hydrolysis) is 1. The van der Waals surface area contributed by atoms with Gasteiger partial charge in [-0.3, -0.25) is 9.63 Å². The summed E-state index contributed by atoms with van der Waals surface area (Å²) in [6.45, 7) is 2.39. The van der Waals surface area contributed by atoms with Gasteiger partial charge in [0.05, 0.1) is 26.2 Å². The Morgan fingerprint density at radius 3 is 2.55 bits per heavy atom. The van der Waals surface area contributed by atoms with Crippen molar-refractivity contribution in [2.75, 3.05) is 20.8 Å². The van der Waals surface area contributed by atoms with E-state index in [1.165, 1.54) is 14.2 Å². The van der Waals surface area contributed by atoms with Crippen molar-refractivity contribution in [3.05, 3.63) is 35.9 Å². The average molecular weight is 308 g/mol. The molecule has 122 valence electrons. The number of amides is 2. The number of ether oxygens (including phenoxy) is 1. The van der Waals surface area contributed by atoms with Crippen LogP contribution in [-0.4, -0.2) is 37.8 Å². The van der Waals surface area contributed by atoms with Crippen LogP contribution in [0, 0.1) is 0 Å². The van der Waals surface area contributed by atoms with Gasteiger partial charge in [0.25, 0.3) is 0 Å². The van der Waals surface area contributed by atoms with Crippen LogP contribution in [-0.2, 0) is 14.4 Å². The fraction of sp³-hybridized carbons (Fsp3) is 0.500. The van der Waals surface area contributed by atoms with Gasteiger partial charge in [-0.1, -0.05) is 43.7 Å². The maximum atomic E-state index is 12.0. The van der Waals surface area contributed by atoms with Crippen molar-refractivity contribution in [2.24, 2.45) is 0 Å². The molecule has 0 saturated heterocycles. The van der Waals surface area contributed by atoms with Gasteiger partial charge in [-0.25, -0.2) is 9.86 Å². The van der Waals surface area contributed by atoms with Crippen molar-refractivity contribution in [3.63, 3.8) is 0 Å². The second-order valence-corrected chi connectivity index (χ2v) is 4.87. The van der Waals surface area contributed by atoms with Gasteiger partial charge in [0.15, 0.2) is 0 Å². The third-order valence-electron chi connectivity index (χ3n) is 3.23. The molecule has 22 heavy (non-hydrogen) atoms. The van der Waals surface area contributed by atoms with E-state index in [0.717, 1.165) is 23.5 Å². The molecule has 0 aromatic heterocycles. The Kier molecular flexibility index (Phi) is 7.99. The van der Waals surface area contributed by atoms with Crippen LogP contribution in [0.2, 0.25) is 0 Å². The molecule has 1 rings (SSSR count). The molecule has 6 nitrogen and oxygen atoms in total. The second kappa shape index (κ2) is 9.78. The summed E-state index contributed by atoms with van der Waals surface area (Å²) in [6, 6.07) is 8.85. The molecular weight excluding hydrogens is 284 g/mol. The fourth-order valence-corrected chi connectivity index (χ4v) is 1.84. The van der Waals surface area contributed by atoms with E-state index in [4.69, 9.17) is 9.57 Å². The first-order valence-electron chi connectivity index (χ1n) is 7.37. The molecule has 0 fully saturated rings. The lowest BCUT2D eigenvalue weighted by atomic mass is 10.0. The van der Waals surface area contributed by atoms with Crippen LogP contribution in [0.3, 0.4) is 0 Å². The smallest absolute Gasteiger partial charge is 0.407 e. The van der Waals surface area contributed by atoms with Gasteiger partial charge in [0.2, 0.25) is 5.91 Å². The molecule has 1 atom stereocenters. The van der Waals surface area contributed by atoms with Crippen LogP contribution in [0.4, 0.5) is 4.79 Å². The third kappa shape index (κ3) is 6.13.